The van der Waals surface area contributed by atoms with Gasteiger partial charge in [-0.05, 0) is 43.4 Å². The molecule has 0 atom stereocenters. The molecule has 112 valence electrons. The molecule has 1 fully saturated rings. The summed E-state index contributed by atoms with van der Waals surface area (Å²) < 4.78 is 0. The fourth-order valence-electron chi connectivity index (χ4n) is 1.97. The Balaban J connectivity index is 0.00000200. The van der Waals surface area contributed by atoms with E-state index >= 15 is 0 Å². The minimum atomic E-state index is 0. The highest BCUT2D eigenvalue weighted by Gasteiger charge is 2.21. The van der Waals surface area contributed by atoms with Gasteiger partial charge in [-0.1, -0.05) is 23.7 Å². The first-order chi connectivity index (χ1) is 9.19. The van der Waals surface area contributed by atoms with E-state index in [-0.39, 0.29) is 24.0 Å². The highest BCUT2D eigenvalue weighted by molar-refractivity contribution is 14.0. The summed E-state index contributed by atoms with van der Waals surface area (Å²) in [6.07, 6.45) is 2.67. The van der Waals surface area contributed by atoms with Crippen LogP contribution in [0.2, 0.25) is 5.02 Å². The number of rotatable bonds is 5. The molecule has 0 bridgehead atoms. The molecule has 3 nitrogen and oxygen atoms in total. The molecule has 0 radical (unpaired) electrons. The first-order valence-electron chi connectivity index (χ1n) is 6.93. The minimum Gasteiger partial charge on any atom is -0.357 e. The van der Waals surface area contributed by atoms with Gasteiger partial charge >= 0.3 is 0 Å². The molecule has 0 saturated heterocycles. The van der Waals surface area contributed by atoms with Crippen molar-refractivity contribution in [3.05, 3.63) is 34.9 Å². The number of hydrogen-bond donors (Lipinski definition) is 1. The molecule has 1 N–H and O–H groups in total. The molecule has 1 aliphatic rings. The van der Waals surface area contributed by atoms with E-state index in [4.69, 9.17) is 16.6 Å². The van der Waals surface area contributed by atoms with Crippen LogP contribution in [0.3, 0.4) is 0 Å². The van der Waals surface area contributed by atoms with Gasteiger partial charge in [-0.15, -0.1) is 24.0 Å². The van der Waals surface area contributed by atoms with Gasteiger partial charge in [0.15, 0.2) is 5.96 Å². The van der Waals surface area contributed by atoms with Crippen molar-refractivity contribution < 1.29 is 0 Å². The fraction of sp³-hybridized carbons (Fsp3) is 0.533. The SMILES string of the molecule is CCNC(=NCC1CC1)N(C)Cc1cccc(Cl)c1.I. The number of nitrogens with zero attached hydrogens (tertiary/aromatic N) is 2. The molecule has 1 aromatic carbocycles. The van der Waals surface area contributed by atoms with Crippen LogP contribution >= 0.6 is 35.6 Å². The van der Waals surface area contributed by atoms with E-state index in [2.05, 4.69) is 30.3 Å². The molecule has 0 aliphatic heterocycles. The van der Waals surface area contributed by atoms with Crippen molar-refractivity contribution in [1.82, 2.24) is 10.2 Å². The Labute approximate surface area is 143 Å². The Morgan fingerprint density at radius 2 is 2.20 bits per heavy atom. The second-order valence-electron chi connectivity index (χ2n) is 5.12. The Morgan fingerprint density at radius 3 is 2.80 bits per heavy atom. The molecule has 20 heavy (non-hydrogen) atoms. The molecule has 0 amide bonds. The van der Waals surface area contributed by atoms with Gasteiger partial charge in [0.1, 0.15) is 0 Å². The second-order valence-corrected chi connectivity index (χ2v) is 5.56. The average Bonchev–Trinajstić information content (AvgIpc) is 3.18. The number of hydrogen-bond acceptors (Lipinski definition) is 1. The highest BCUT2D eigenvalue weighted by Crippen LogP contribution is 2.28. The van der Waals surface area contributed by atoms with E-state index in [1.54, 1.807) is 0 Å². The van der Waals surface area contributed by atoms with Crippen LogP contribution in [0.4, 0.5) is 0 Å². The summed E-state index contributed by atoms with van der Waals surface area (Å²) >= 11 is 6.02. The fourth-order valence-corrected chi connectivity index (χ4v) is 2.18. The topological polar surface area (TPSA) is 27.6 Å². The van der Waals surface area contributed by atoms with Gasteiger partial charge in [-0.3, -0.25) is 4.99 Å². The van der Waals surface area contributed by atoms with E-state index in [0.717, 1.165) is 36.5 Å². The molecular formula is C15H23ClIN3. The third kappa shape index (κ3) is 5.87. The standard InChI is InChI=1S/C15H22ClN3.HI/c1-3-17-15(18-10-12-7-8-12)19(2)11-13-5-4-6-14(16)9-13;/h4-6,9,12H,3,7-8,10-11H2,1-2H3,(H,17,18);1H. The number of halogens is 2. The van der Waals surface area contributed by atoms with Crippen LogP contribution in [0.1, 0.15) is 25.3 Å². The van der Waals surface area contributed by atoms with Gasteiger partial charge in [-0.2, -0.15) is 0 Å². The first-order valence-corrected chi connectivity index (χ1v) is 7.30. The van der Waals surface area contributed by atoms with Crippen LogP contribution in [-0.4, -0.2) is 31.0 Å². The third-order valence-corrected chi connectivity index (χ3v) is 3.44. The molecule has 0 aromatic heterocycles. The normalized spacial score (nSPS) is 14.7. The molecule has 1 aromatic rings. The van der Waals surface area contributed by atoms with Gasteiger partial charge in [-0.25, -0.2) is 0 Å². The van der Waals surface area contributed by atoms with Crippen molar-refractivity contribution in [3.8, 4) is 0 Å². The van der Waals surface area contributed by atoms with E-state index < -0.39 is 0 Å². The minimum absolute atomic E-state index is 0. The lowest BCUT2D eigenvalue weighted by atomic mass is 10.2. The number of aliphatic imine (C=N–C) groups is 1. The summed E-state index contributed by atoms with van der Waals surface area (Å²) in [5.41, 5.74) is 1.20. The predicted molar refractivity (Wildman–Crippen MR) is 97.0 cm³/mol. The molecule has 1 saturated carbocycles. The largest absolute Gasteiger partial charge is 0.357 e. The monoisotopic (exact) mass is 407 g/mol. The summed E-state index contributed by atoms with van der Waals surface area (Å²) in [6, 6.07) is 7.98. The second kappa shape index (κ2) is 8.72. The number of benzene rings is 1. The van der Waals surface area contributed by atoms with Gasteiger partial charge in [0, 0.05) is 31.7 Å². The number of nitrogens with one attached hydrogen (secondary N) is 1. The van der Waals surface area contributed by atoms with Crippen LogP contribution in [0.5, 0.6) is 0 Å². The van der Waals surface area contributed by atoms with Crippen LogP contribution in [0.15, 0.2) is 29.3 Å². The lowest BCUT2D eigenvalue weighted by molar-refractivity contribution is 0.476. The molecule has 0 heterocycles. The van der Waals surface area contributed by atoms with Crippen LogP contribution in [0, 0.1) is 5.92 Å². The molecule has 0 unspecified atom stereocenters. The van der Waals surface area contributed by atoms with Crippen LogP contribution in [0.25, 0.3) is 0 Å². The van der Waals surface area contributed by atoms with Crippen molar-refractivity contribution in [3.63, 3.8) is 0 Å². The van der Waals surface area contributed by atoms with E-state index in [9.17, 15) is 0 Å². The van der Waals surface area contributed by atoms with Crippen LogP contribution in [-0.2, 0) is 6.54 Å². The highest BCUT2D eigenvalue weighted by atomic mass is 127. The molecule has 5 heteroatoms. The van der Waals surface area contributed by atoms with Crippen molar-refractivity contribution in [2.75, 3.05) is 20.1 Å². The van der Waals surface area contributed by atoms with Crippen molar-refractivity contribution in [2.45, 2.75) is 26.3 Å². The smallest absolute Gasteiger partial charge is 0.193 e. The van der Waals surface area contributed by atoms with Crippen molar-refractivity contribution in [2.24, 2.45) is 10.9 Å². The molecule has 1 aliphatic carbocycles. The predicted octanol–water partition coefficient (Wildman–Crippen LogP) is 3.77. The Morgan fingerprint density at radius 1 is 1.45 bits per heavy atom. The van der Waals surface area contributed by atoms with Crippen LogP contribution < -0.4 is 5.32 Å². The maximum Gasteiger partial charge on any atom is 0.193 e. The quantitative estimate of drug-likeness (QED) is 0.457. The third-order valence-electron chi connectivity index (χ3n) is 3.20. The summed E-state index contributed by atoms with van der Waals surface area (Å²) in [5.74, 6) is 1.79. The lowest BCUT2D eigenvalue weighted by Crippen LogP contribution is -2.38. The van der Waals surface area contributed by atoms with Gasteiger partial charge in [0.05, 0.1) is 0 Å². The van der Waals surface area contributed by atoms with E-state index in [0.29, 0.717) is 0 Å². The average molecular weight is 408 g/mol. The van der Waals surface area contributed by atoms with Gasteiger partial charge in [0.25, 0.3) is 0 Å². The van der Waals surface area contributed by atoms with Gasteiger partial charge in [0.2, 0.25) is 0 Å². The maximum atomic E-state index is 6.02. The summed E-state index contributed by atoms with van der Waals surface area (Å²) in [6.45, 7) is 4.75. The van der Waals surface area contributed by atoms with Crippen molar-refractivity contribution >= 4 is 41.5 Å². The zero-order chi connectivity index (χ0) is 13.7. The zero-order valence-corrected chi connectivity index (χ0v) is 15.2. The Kier molecular flexibility index (Phi) is 7.66. The first kappa shape index (κ1) is 17.6. The summed E-state index contributed by atoms with van der Waals surface area (Å²) in [5, 5.41) is 4.13. The molecule has 0 spiro atoms. The molecular weight excluding hydrogens is 385 g/mol. The summed E-state index contributed by atoms with van der Waals surface area (Å²) in [7, 11) is 2.06. The van der Waals surface area contributed by atoms with E-state index in [1.165, 1.54) is 18.4 Å². The summed E-state index contributed by atoms with van der Waals surface area (Å²) in [4.78, 5) is 6.84. The lowest BCUT2D eigenvalue weighted by Gasteiger charge is -2.22. The van der Waals surface area contributed by atoms with Gasteiger partial charge < -0.3 is 10.2 Å². The Bertz CT molecular complexity index is 446. The Hall–Kier alpha value is -0.490. The van der Waals surface area contributed by atoms with Crippen molar-refractivity contribution in [1.29, 1.82) is 0 Å². The molecule has 2 rings (SSSR count). The number of guanidine groups is 1. The van der Waals surface area contributed by atoms with E-state index in [1.807, 2.05) is 18.2 Å². The zero-order valence-electron chi connectivity index (χ0n) is 12.1. The maximum absolute atomic E-state index is 6.02.